The number of urea groups is 1. The van der Waals surface area contributed by atoms with Gasteiger partial charge in [0.2, 0.25) is 0 Å². The van der Waals surface area contributed by atoms with Gasteiger partial charge in [-0.15, -0.1) is 6.42 Å². The highest BCUT2D eigenvalue weighted by atomic mass is 16.2. The van der Waals surface area contributed by atoms with Gasteiger partial charge in [-0.3, -0.25) is 0 Å². The Kier molecular flexibility index (Phi) is 4.89. The fraction of sp³-hybridized carbons (Fsp3) is 0.438. The molecule has 1 heterocycles. The Bertz CT molecular complexity index is 499. The molecule has 2 N–H and O–H groups in total. The van der Waals surface area contributed by atoms with Crippen LogP contribution in [-0.4, -0.2) is 36.6 Å². The average Bonchev–Trinajstić information content (AvgIpc) is 2.45. The van der Waals surface area contributed by atoms with Crippen LogP contribution < -0.4 is 10.6 Å². The summed E-state index contributed by atoms with van der Waals surface area (Å²) in [5.41, 5.74) is 2.40. The summed E-state index contributed by atoms with van der Waals surface area (Å²) in [7, 11) is 0. The molecule has 106 valence electrons. The molecule has 20 heavy (non-hydrogen) atoms. The molecule has 0 aromatic heterocycles. The first kappa shape index (κ1) is 14.3. The Morgan fingerprint density at radius 3 is 2.85 bits per heavy atom. The summed E-state index contributed by atoms with van der Waals surface area (Å²) >= 11 is 0. The van der Waals surface area contributed by atoms with Gasteiger partial charge < -0.3 is 15.5 Å². The molecule has 2 amide bonds. The monoisotopic (exact) mass is 271 g/mol. The minimum Gasteiger partial charge on any atom is -0.382 e. The van der Waals surface area contributed by atoms with Crippen LogP contribution in [0.5, 0.6) is 0 Å². The summed E-state index contributed by atoms with van der Waals surface area (Å²) in [4.78, 5) is 13.6. The quantitative estimate of drug-likeness (QED) is 0.828. The molecule has 0 unspecified atom stereocenters. The van der Waals surface area contributed by atoms with E-state index < -0.39 is 0 Å². The van der Waals surface area contributed by atoms with Gasteiger partial charge in [-0.2, -0.15) is 0 Å². The van der Waals surface area contributed by atoms with Crippen LogP contribution in [0.15, 0.2) is 24.3 Å². The van der Waals surface area contributed by atoms with Crippen molar-refractivity contribution in [3.8, 4) is 12.3 Å². The van der Waals surface area contributed by atoms with E-state index in [2.05, 4.69) is 47.7 Å². The Morgan fingerprint density at radius 1 is 1.45 bits per heavy atom. The summed E-state index contributed by atoms with van der Waals surface area (Å²) in [5, 5.41) is 6.24. The van der Waals surface area contributed by atoms with Gasteiger partial charge >= 0.3 is 6.03 Å². The van der Waals surface area contributed by atoms with Gasteiger partial charge in [-0.05, 0) is 37.5 Å². The number of carbonyl (C=O) groups is 1. The number of anilines is 1. The molecule has 0 bridgehead atoms. The molecule has 2 rings (SSSR count). The topological polar surface area (TPSA) is 44.4 Å². The van der Waals surface area contributed by atoms with Crippen LogP contribution >= 0.6 is 0 Å². The van der Waals surface area contributed by atoms with Crippen LogP contribution in [0.3, 0.4) is 0 Å². The second-order valence-electron chi connectivity index (χ2n) is 5.14. The third-order valence-corrected chi connectivity index (χ3v) is 3.51. The van der Waals surface area contributed by atoms with Crippen molar-refractivity contribution in [1.82, 2.24) is 10.2 Å². The SMILES string of the molecule is C#CCNC(=O)N1CCC(Nc2cccc(C)c2)CC1. The lowest BCUT2D eigenvalue weighted by Gasteiger charge is -2.32. The molecule has 4 nitrogen and oxygen atoms in total. The summed E-state index contributed by atoms with van der Waals surface area (Å²) in [6, 6.07) is 8.74. The second kappa shape index (κ2) is 6.85. The van der Waals surface area contributed by atoms with E-state index in [-0.39, 0.29) is 6.03 Å². The highest BCUT2D eigenvalue weighted by Crippen LogP contribution is 2.17. The Morgan fingerprint density at radius 2 is 2.20 bits per heavy atom. The molecule has 1 aliphatic rings. The van der Waals surface area contributed by atoms with E-state index in [9.17, 15) is 4.79 Å². The lowest BCUT2D eigenvalue weighted by molar-refractivity contribution is 0.185. The fourth-order valence-corrected chi connectivity index (χ4v) is 2.44. The summed E-state index contributed by atoms with van der Waals surface area (Å²) < 4.78 is 0. The van der Waals surface area contributed by atoms with E-state index in [1.54, 1.807) is 0 Å². The smallest absolute Gasteiger partial charge is 0.318 e. The van der Waals surface area contributed by atoms with Crippen molar-refractivity contribution in [1.29, 1.82) is 0 Å². The summed E-state index contributed by atoms with van der Waals surface area (Å²) in [6.07, 6.45) is 7.04. The van der Waals surface area contributed by atoms with Gasteiger partial charge in [0.05, 0.1) is 6.54 Å². The second-order valence-corrected chi connectivity index (χ2v) is 5.14. The van der Waals surface area contributed by atoms with Crippen molar-refractivity contribution in [2.24, 2.45) is 0 Å². The Hall–Kier alpha value is -2.15. The van der Waals surface area contributed by atoms with Crippen LogP contribution in [0, 0.1) is 19.3 Å². The molecule has 0 atom stereocenters. The predicted molar refractivity (Wildman–Crippen MR) is 81.6 cm³/mol. The summed E-state index contributed by atoms with van der Waals surface area (Å²) in [6.45, 7) is 3.91. The normalized spacial score (nSPS) is 15.5. The van der Waals surface area contributed by atoms with Crippen LogP contribution in [0.2, 0.25) is 0 Å². The number of likely N-dealkylation sites (tertiary alicyclic amines) is 1. The molecule has 1 aromatic rings. The van der Waals surface area contributed by atoms with Crippen molar-refractivity contribution in [2.75, 3.05) is 25.0 Å². The largest absolute Gasteiger partial charge is 0.382 e. The highest BCUT2D eigenvalue weighted by Gasteiger charge is 2.22. The molecule has 0 spiro atoms. The molecule has 4 heteroatoms. The molecule has 1 aliphatic heterocycles. The molecule has 1 fully saturated rings. The lowest BCUT2D eigenvalue weighted by atomic mass is 10.0. The third-order valence-electron chi connectivity index (χ3n) is 3.51. The average molecular weight is 271 g/mol. The number of hydrogen-bond donors (Lipinski definition) is 2. The fourth-order valence-electron chi connectivity index (χ4n) is 2.44. The molecule has 1 aromatic carbocycles. The zero-order valence-electron chi connectivity index (χ0n) is 11.9. The maximum absolute atomic E-state index is 11.8. The standard InChI is InChI=1S/C16H21N3O/c1-3-9-17-16(20)19-10-7-14(8-11-19)18-15-6-4-5-13(2)12-15/h1,4-6,12,14,18H,7-11H2,2H3,(H,17,20). The molecule has 1 saturated heterocycles. The number of aryl methyl sites for hydroxylation is 1. The number of rotatable bonds is 3. The number of hydrogen-bond acceptors (Lipinski definition) is 2. The summed E-state index contributed by atoms with van der Waals surface area (Å²) in [5.74, 6) is 2.41. The van der Waals surface area contributed by atoms with Gasteiger partial charge in [-0.1, -0.05) is 18.1 Å². The van der Waals surface area contributed by atoms with E-state index in [0.717, 1.165) is 31.6 Å². The van der Waals surface area contributed by atoms with E-state index in [0.29, 0.717) is 12.6 Å². The maximum Gasteiger partial charge on any atom is 0.318 e. The molecular formula is C16H21N3O. The number of terminal acetylenes is 1. The van der Waals surface area contributed by atoms with Crippen molar-refractivity contribution in [3.63, 3.8) is 0 Å². The van der Waals surface area contributed by atoms with Gasteiger partial charge in [0.25, 0.3) is 0 Å². The number of nitrogens with zero attached hydrogens (tertiary/aromatic N) is 1. The van der Waals surface area contributed by atoms with Crippen molar-refractivity contribution in [3.05, 3.63) is 29.8 Å². The number of carbonyl (C=O) groups excluding carboxylic acids is 1. The zero-order chi connectivity index (χ0) is 14.4. The zero-order valence-corrected chi connectivity index (χ0v) is 11.9. The van der Waals surface area contributed by atoms with E-state index in [1.807, 2.05) is 4.90 Å². The van der Waals surface area contributed by atoms with E-state index in [1.165, 1.54) is 5.56 Å². The van der Waals surface area contributed by atoms with Crippen LogP contribution in [0.4, 0.5) is 10.5 Å². The van der Waals surface area contributed by atoms with Gasteiger partial charge in [-0.25, -0.2) is 4.79 Å². The third kappa shape index (κ3) is 3.92. The minimum atomic E-state index is -0.0584. The van der Waals surface area contributed by atoms with Crippen LogP contribution in [-0.2, 0) is 0 Å². The van der Waals surface area contributed by atoms with E-state index in [4.69, 9.17) is 6.42 Å². The first-order valence-corrected chi connectivity index (χ1v) is 6.98. The van der Waals surface area contributed by atoms with Crippen LogP contribution in [0.25, 0.3) is 0 Å². The van der Waals surface area contributed by atoms with Gasteiger partial charge in [0, 0.05) is 24.8 Å². The Balaban J connectivity index is 1.80. The first-order valence-electron chi connectivity index (χ1n) is 6.98. The number of nitrogens with one attached hydrogen (secondary N) is 2. The number of amides is 2. The Labute approximate surface area is 120 Å². The molecule has 0 aliphatic carbocycles. The van der Waals surface area contributed by atoms with Crippen molar-refractivity contribution < 1.29 is 4.79 Å². The molecule has 0 saturated carbocycles. The maximum atomic E-state index is 11.8. The number of benzene rings is 1. The highest BCUT2D eigenvalue weighted by molar-refractivity contribution is 5.74. The molecule has 0 radical (unpaired) electrons. The lowest BCUT2D eigenvalue weighted by Crippen LogP contribution is -2.46. The van der Waals surface area contributed by atoms with Crippen molar-refractivity contribution in [2.45, 2.75) is 25.8 Å². The van der Waals surface area contributed by atoms with Crippen molar-refractivity contribution >= 4 is 11.7 Å². The van der Waals surface area contributed by atoms with E-state index >= 15 is 0 Å². The molecular weight excluding hydrogens is 250 g/mol. The van der Waals surface area contributed by atoms with Crippen LogP contribution in [0.1, 0.15) is 18.4 Å². The van der Waals surface area contributed by atoms with Gasteiger partial charge in [0.1, 0.15) is 0 Å². The number of piperidine rings is 1. The minimum absolute atomic E-state index is 0.0584. The van der Waals surface area contributed by atoms with Gasteiger partial charge in [0.15, 0.2) is 0 Å². The predicted octanol–water partition coefficient (Wildman–Crippen LogP) is 2.21. The first-order chi connectivity index (χ1) is 9.69.